The molecule has 6 heteroatoms. The van der Waals surface area contributed by atoms with E-state index in [1.54, 1.807) is 24.3 Å². The van der Waals surface area contributed by atoms with E-state index < -0.39 is 0 Å². The SMILES string of the molecule is Cc1ccc(-c2csc(NC(=S)NC(=O)c3ccccc3)n2)cc1. The smallest absolute Gasteiger partial charge is 0.257 e. The van der Waals surface area contributed by atoms with Crippen molar-refractivity contribution in [1.82, 2.24) is 10.3 Å². The molecule has 0 unspecified atom stereocenters. The Morgan fingerprint density at radius 2 is 1.79 bits per heavy atom. The van der Waals surface area contributed by atoms with Crippen LogP contribution in [-0.4, -0.2) is 16.0 Å². The maximum atomic E-state index is 12.0. The quantitative estimate of drug-likeness (QED) is 0.691. The molecule has 3 rings (SSSR count). The zero-order chi connectivity index (χ0) is 16.9. The van der Waals surface area contributed by atoms with Crippen molar-refractivity contribution in [3.05, 3.63) is 71.1 Å². The predicted octanol–water partition coefficient (Wildman–Crippen LogP) is 4.25. The number of aromatic nitrogens is 1. The Labute approximate surface area is 149 Å². The zero-order valence-corrected chi connectivity index (χ0v) is 14.6. The number of hydrogen-bond acceptors (Lipinski definition) is 4. The van der Waals surface area contributed by atoms with Gasteiger partial charge in [0.15, 0.2) is 10.2 Å². The highest BCUT2D eigenvalue weighted by Crippen LogP contribution is 2.25. The second-order valence-corrected chi connectivity index (χ2v) is 6.44. The maximum absolute atomic E-state index is 12.0. The normalized spacial score (nSPS) is 10.2. The first-order valence-electron chi connectivity index (χ1n) is 7.32. The molecule has 0 spiro atoms. The van der Waals surface area contributed by atoms with Crippen molar-refractivity contribution in [1.29, 1.82) is 0 Å². The minimum atomic E-state index is -0.247. The Morgan fingerprint density at radius 3 is 2.50 bits per heavy atom. The standard InChI is InChI=1S/C18H15N3OS2/c1-12-7-9-13(10-8-12)15-11-24-18(19-15)21-17(23)20-16(22)14-5-3-2-4-6-14/h2-11H,1H3,(H2,19,20,21,22,23). The summed E-state index contributed by atoms with van der Waals surface area (Å²) in [5.41, 5.74) is 3.68. The number of rotatable bonds is 3. The lowest BCUT2D eigenvalue weighted by molar-refractivity contribution is 0.0977. The van der Waals surface area contributed by atoms with Gasteiger partial charge in [0.25, 0.3) is 5.91 Å². The summed E-state index contributed by atoms with van der Waals surface area (Å²) in [5.74, 6) is -0.247. The summed E-state index contributed by atoms with van der Waals surface area (Å²) in [5, 5.41) is 8.43. The van der Waals surface area contributed by atoms with Gasteiger partial charge in [-0.25, -0.2) is 4.98 Å². The molecule has 0 aliphatic carbocycles. The number of thiazole rings is 1. The van der Waals surface area contributed by atoms with E-state index in [2.05, 4.69) is 15.6 Å². The van der Waals surface area contributed by atoms with E-state index in [4.69, 9.17) is 12.2 Å². The molecule has 0 aliphatic heterocycles. The first-order valence-corrected chi connectivity index (χ1v) is 8.60. The van der Waals surface area contributed by atoms with Crippen LogP contribution in [0.25, 0.3) is 11.3 Å². The Balaban J connectivity index is 1.63. The van der Waals surface area contributed by atoms with Crippen molar-refractivity contribution in [2.24, 2.45) is 0 Å². The van der Waals surface area contributed by atoms with Crippen molar-refractivity contribution in [2.75, 3.05) is 5.32 Å². The first kappa shape index (κ1) is 16.3. The van der Waals surface area contributed by atoms with Gasteiger partial charge in [-0.05, 0) is 31.3 Å². The molecular weight excluding hydrogens is 338 g/mol. The third-order valence-electron chi connectivity index (χ3n) is 3.34. The molecule has 0 fully saturated rings. The zero-order valence-electron chi connectivity index (χ0n) is 12.9. The van der Waals surface area contributed by atoms with Gasteiger partial charge in [-0.15, -0.1) is 11.3 Å². The van der Waals surface area contributed by atoms with Crippen molar-refractivity contribution in [2.45, 2.75) is 6.92 Å². The van der Waals surface area contributed by atoms with E-state index in [1.165, 1.54) is 16.9 Å². The summed E-state index contributed by atoms with van der Waals surface area (Å²) in [4.78, 5) is 16.5. The summed E-state index contributed by atoms with van der Waals surface area (Å²) < 4.78 is 0. The highest BCUT2D eigenvalue weighted by Gasteiger charge is 2.09. The Hall–Kier alpha value is -2.57. The predicted molar refractivity (Wildman–Crippen MR) is 102 cm³/mol. The molecule has 0 radical (unpaired) electrons. The minimum Gasteiger partial charge on any atom is -0.308 e. The number of nitrogens with zero attached hydrogens (tertiary/aromatic N) is 1. The van der Waals surface area contributed by atoms with Gasteiger partial charge in [0.1, 0.15) is 0 Å². The van der Waals surface area contributed by atoms with Crippen molar-refractivity contribution >= 4 is 39.7 Å². The van der Waals surface area contributed by atoms with Gasteiger partial charge >= 0.3 is 0 Å². The van der Waals surface area contributed by atoms with Crippen LogP contribution in [0.3, 0.4) is 0 Å². The highest BCUT2D eigenvalue weighted by atomic mass is 32.1. The molecule has 2 N–H and O–H groups in total. The Bertz CT molecular complexity index is 857. The van der Waals surface area contributed by atoms with Crippen molar-refractivity contribution < 1.29 is 4.79 Å². The summed E-state index contributed by atoms with van der Waals surface area (Å²) in [6.07, 6.45) is 0. The van der Waals surface area contributed by atoms with Crippen molar-refractivity contribution in [3.63, 3.8) is 0 Å². The topological polar surface area (TPSA) is 54.0 Å². The maximum Gasteiger partial charge on any atom is 0.257 e. The number of carbonyl (C=O) groups excluding carboxylic acids is 1. The van der Waals surface area contributed by atoms with Gasteiger partial charge in [-0.1, -0.05) is 48.0 Å². The molecule has 0 saturated heterocycles. The molecule has 0 saturated carbocycles. The molecule has 2 aromatic carbocycles. The van der Waals surface area contributed by atoms with Crippen LogP contribution in [0.2, 0.25) is 0 Å². The third-order valence-corrected chi connectivity index (χ3v) is 4.30. The fourth-order valence-electron chi connectivity index (χ4n) is 2.08. The number of benzene rings is 2. The van der Waals surface area contributed by atoms with Gasteiger partial charge in [-0.2, -0.15) is 0 Å². The van der Waals surface area contributed by atoms with Gasteiger partial charge in [-0.3, -0.25) is 10.1 Å². The molecule has 3 aromatic rings. The van der Waals surface area contributed by atoms with Crippen LogP contribution < -0.4 is 10.6 Å². The second-order valence-electron chi connectivity index (χ2n) is 5.18. The van der Waals surface area contributed by atoms with Gasteiger partial charge in [0.05, 0.1) is 5.69 Å². The number of hydrogen-bond donors (Lipinski definition) is 2. The van der Waals surface area contributed by atoms with Gasteiger partial charge in [0, 0.05) is 16.5 Å². The lowest BCUT2D eigenvalue weighted by Crippen LogP contribution is -2.34. The average molecular weight is 353 g/mol. The van der Waals surface area contributed by atoms with Crippen LogP contribution >= 0.6 is 23.6 Å². The van der Waals surface area contributed by atoms with Crippen LogP contribution in [0.4, 0.5) is 5.13 Å². The summed E-state index contributed by atoms with van der Waals surface area (Å²) in [6.45, 7) is 2.05. The minimum absolute atomic E-state index is 0.230. The van der Waals surface area contributed by atoms with Gasteiger partial charge in [0.2, 0.25) is 0 Å². The number of thiocarbonyl (C=S) groups is 1. The summed E-state index contributed by atoms with van der Waals surface area (Å²) in [6, 6.07) is 17.1. The van der Waals surface area contributed by atoms with Crippen LogP contribution in [0.5, 0.6) is 0 Å². The molecule has 0 bridgehead atoms. The van der Waals surface area contributed by atoms with Crippen molar-refractivity contribution in [3.8, 4) is 11.3 Å². The number of amides is 1. The van der Waals surface area contributed by atoms with E-state index in [1.807, 2.05) is 42.6 Å². The van der Waals surface area contributed by atoms with E-state index in [0.29, 0.717) is 10.7 Å². The van der Waals surface area contributed by atoms with E-state index in [-0.39, 0.29) is 11.0 Å². The number of anilines is 1. The molecular formula is C18H15N3OS2. The average Bonchev–Trinajstić information content (AvgIpc) is 3.04. The van der Waals surface area contributed by atoms with E-state index in [0.717, 1.165) is 11.3 Å². The fourth-order valence-corrected chi connectivity index (χ4v) is 3.06. The lowest BCUT2D eigenvalue weighted by atomic mass is 10.1. The summed E-state index contributed by atoms with van der Waals surface area (Å²) in [7, 11) is 0. The molecule has 120 valence electrons. The van der Waals surface area contributed by atoms with Crippen LogP contribution in [0.15, 0.2) is 60.0 Å². The molecule has 0 aliphatic rings. The largest absolute Gasteiger partial charge is 0.308 e. The number of aryl methyl sites for hydroxylation is 1. The monoisotopic (exact) mass is 353 g/mol. The van der Waals surface area contributed by atoms with Gasteiger partial charge < -0.3 is 5.32 Å². The fraction of sp³-hybridized carbons (Fsp3) is 0.0556. The highest BCUT2D eigenvalue weighted by molar-refractivity contribution is 7.80. The van der Waals surface area contributed by atoms with Crippen LogP contribution in [0, 0.1) is 6.92 Å². The first-order chi connectivity index (χ1) is 11.6. The third kappa shape index (κ3) is 4.04. The number of nitrogens with one attached hydrogen (secondary N) is 2. The molecule has 0 atom stereocenters. The Kier molecular flexibility index (Phi) is 4.98. The van der Waals surface area contributed by atoms with Crippen LogP contribution in [-0.2, 0) is 0 Å². The lowest BCUT2D eigenvalue weighted by Gasteiger charge is -2.07. The van der Waals surface area contributed by atoms with Crippen LogP contribution in [0.1, 0.15) is 15.9 Å². The molecule has 24 heavy (non-hydrogen) atoms. The molecule has 1 amide bonds. The molecule has 1 aromatic heterocycles. The summed E-state index contributed by atoms with van der Waals surface area (Å²) >= 11 is 6.62. The second kappa shape index (κ2) is 7.33. The molecule has 4 nitrogen and oxygen atoms in total. The molecule has 1 heterocycles. The Morgan fingerprint density at radius 1 is 1.08 bits per heavy atom. The van der Waals surface area contributed by atoms with E-state index in [9.17, 15) is 4.79 Å². The number of carbonyl (C=O) groups is 1. The van der Waals surface area contributed by atoms with E-state index >= 15 is 0 Å².